The van der Waals surface area contributed by atoms with Crippen molar-refractivity contribution >= 4 is 15.9 Å². The molecule has 1 saturated heterocycles. The van der Waals surface area contributed by atoms with Crippen LogP contribution in [-0.2, 0) is 14.8 Å². The number of hydrogen-bond donors (Lipinski definition) is 2. The number of rotatable bonds is 4. The molecule has 1 heterocycles. The topological polar surface area (TPSA) is 86.7 Å². The van der Waals surface area contributed by atoms with Crippen molar-refractivity contribution in [1.82, 2.24) is 9.62 Å². The lowest BCUT2D eigenvalue weighted by molar-refractivity contribution is -0.126. The predicted octanol–water partition coefficient (Wildman–Crippen LogP) is 0.222. The first-order valence-corrected chi connectivity index (χ1v) is 9.14. The zero-order valence-electron chi connectivity index (χ0n) is 12.0. The van der Waals surface area contributed by atoms with Gasteiger partial charge in [-0.05, 0) is 25.7 Å². The molecule has 2 fully saturated rings. The molecule has 1 aliphatic heterocycles. The lowest BCUT2D eigenvalue weighted by Gasteiger charge is -2.33. The normalized spacial score (nSPS) is 27.4. The minimum atomic E-state index is -3.36. The Morgan fingerprint density at radius 2 is 1.95 bits per heavy atom. The third kappa shape index (κ3) is 3.71. The molecule has 2 N–H and O–H groups in total. The van der Waals surface area contributed by atoms with Crippen LogP contribution in [0.15, 0.2) is 0 Å². The fourth-order valence-corrected chi connectivity index (χ4v) is 4.27. The average Bonchev–Trinajstić information content (AvgIpc) is 2.82. The maximum atomic E-state index is 12.2. The second-order valence-electron chi connectivity index (χ2n) is 6.03. The van der Waals surface area contributed by atoms with Crippen LogP contribution < -0.4 is 5.32 Å². The van der Waals surface area contributed by atoms with E-state index in [1.54, 1.807) is 0 Å². The summed E-state index contributed by atoms with van der Waals surface area (Å²) in [5.41, 5.74) is -0.805. The van der Waals surface area contributed by atoms with E-state index in [4.69, 9.17) is 0 Å². The Morgan fingerprint density at radius 1 is 1.30 bits per heavy atom. The lowest BCUT2D eigenvalue weighted by atomic mass is 10.0. The van der Waals surface area contributed by atoms with Crippen molar-refractivity contribution < 1.29 is 18.3 Å². The fourth-order valence-electron chi connectivity index (χ4n) is 3.14. The van der Waals surface area contributed by atoms with Crippen LogP contribution in [0.4, 0.5) is 0 Å². The number of carbonyl (C=O) groups excluding carboxylic acids is 1. The monoisotopic (exact) mass is 304 g/mol. The van der Waals surface area contributed by atoms with Gasteiger partial charge in [0.15, 0.2) is 0 Å². The summed E-state index contributed by atoms with van der Waals surface area (Å²) in [6.45, 7) is 0.626. The van der Waals surface area contributed by atoms with Gasteiger partial charge in [0.05, 0.1) is 11.9 Å². The maximum Gasteiger partial charge on any atom is 0.238 e. The third-order valence-electron chi connectivity index (χ3n) is 4.31. The number of nitrogens with zero attached hydrogens (tertiary/aromatic N) is 1. The van der Waals surface area contributed by atoms with Gasteiger partial charge < -0.3 is 10.4 Å². The summed E-state index contributed by atoms with van der Waals surface area (Å²) in [6, 6.07) is -0.622. The van der Waals surface area contributed by atoms with Gasteiger partial charge in [-0.3, -0.25) is 4.79 Å². The number of amides is 1. The summed E-state index contributed by atoms with van der Waals surface area (Å²) < 4.78 is 24.7. The van der Waals surface area contributed by atoms with E-state index in [0.29, 0.717) is 25.8 Å². The number of aliphatic hydroxyl groups is 1. The van der Waals surface area contributed by atoms with Gasteiger partial charge in [-0.1, -0.05) is 19.3 Å². The van der Waals surface area contributed by atoms with Crippen LogP contribution in [0.5, 0.6) is 0 Å². The van der Waals surface area contributed by atoms with Crippen molar-refractivity contribution in [2.75, 3.05) is 19.3 Å². The summed E-state index contributed by atoms with van der Waals surface area (Å²) in [5.74, 6) is -0.282. The fraction of sp³-hybridized carbons (Fsp3) is 0.923. The standard InChI is InChI=1S/C13H24N2O4S/c1-20(18,19)15-9-5-2-6-11(15)12(16)14-10-13(17)7-3-4-8-13/h11,17H,2-10H2,1H3,(H,14,16). The van der Waals surface area contributed by atoms with Crippen molar-refractivity contribution in [3.63, 3.8) is 0 Å². The second kappa shape index (κ2) is 5.99. The van der Waals surface area contributed by atoms with E-state index < -0.39 is 21.7 Å². The first-order valence-electron chi connectivity index (χ1n) is 7.29. The van der Waals surface area contributed by atoms with Gasteiger partial charge in [0, 0.05) is 13.1 Å². The number of nitrogens with one attached hydrogen (secondary N) is 1. The van der Waals surface area contributed by atoms with Crippen molar-refractivity contribution in [2.45, 2.75) is 56.6 Å². The van der Waals surface area contributed by atoms with E-state index in [1.165, 1.54) is 4.31 Å². The highest BCUT2D eigenvalue weighted by Crippen LogP contribution is 2.28. The summed E-state index contributed by atoms with van der Waals surface area (Å²) in [5, 5.41) is 13.0. The molecule has 116 valence electrons. The Balaban J connectivity index is 1.96. The van der Waals surface area contributed by atoms with Crippen LogP contribution in [0.2, 0.25) is 0 Å². The predicted molar refractivity (Wildman–Crippen MR) is 75.6 cm³/mol. The highest BCUT2D eigenvalue weighted by atomic mass is 32.2. The molecule has 1 saturated carbocycles. The van der Waals surface area contributed by atoms with Crippen molar-refractivity contribution in [1.29, 1.82) is 0 Å². The molecule has 2 aliphatic rings. The number of hydrogen-bond acceptors (Lipinski definition) is 4. The molecular formula is C13H24N2O4S. The summed E-state index contributed by atoms with van der Waals surface area (Å²) in [7, 11) is -3.36. The van der Waals surface area contributed by atoms with Gasteiger partial charge in [0.2, 0.25) is 15.9 Å². The van der Waals surface area contributed by atoms with Crippen LogP contribution in [0.1, 0.15) is 44.9 Å². The van der Waals surface area contributed by atoms with Crippen molar-refractivity contribution in [3.05, 3.63) is 0 Å². The molecule has 20 heavy (non-hydrogen) atoms. The van der Waals surface area contributed by atoms with Crippen molar-refractivity contribution in [3.8, 4) is 0 Å². The van der Waals surface area contributed by atoms with Crippen LogP contribution in [-0.4, -0.2) is 54.7 Å². The number of piperidine rings is 1. The quantitative estimate of drug-likeness (QED) is 0.778. The molecule has 7 heteroatoms. The lowest BCUT2D eigenvalue weighted by Crippen LogP contribution is -2.53. The van der Waals surface area contributed by atoms with E-state index in [9.17, 15) is 18.3 Å². The molecule has 0 radical (unpaired) electrons. The molecule has 1 unspecified atom stereocenters. The van der Waals surface area contributed by atoms with Crippen LogP contribution in [0.25, 0.3) is 0 Å². The minimum absolute atomic E-state index is 0.222. The molecule has 0 aromatic rings. The Hall–Kier alpha value is -0.660. The molecule has 0 aromatic carbocycles. The Kier molecular flexibility index (Phi) is 4.71. The molecule has 1 atom stereocenters. The number of sulfonamides is 1. The first kappa shape index (κ1) is 15.7. The number of carbonyl (C=O) groups is 1. The van der Waals surface area contributed by atoms with E-state index in [-0.39, 0.29) is 12.5 Å². The molecule has 6 nitrogen and oxygen atoms in total. The van der Waals surface area contributed by atoms with Gasteiger partial charge >= 0.3 is 0 Å². The van der Waals surface area contributed by atoms with E-state index >= 15 is 0 Å². The minimum Gasteiger partial charge on any atom is -0.388 e. The molecule has 1 amide bonds. The summed E-state index contributed by atoms with van der Waals surface area (Å²) in [6.07, 6.45) is 6.70. The summed E-state index contributed by atoms with van der Waals surface area (Å²) in [4.78, 5) is 12.2. The average molecular weight is 304 g/mol. The largest absolute Gasteiger partial charge is 0.388 e. The molecule has 0 bridgehead atoms. The zero-order valence-corrected chi connectivity index (χ0v) is 12.8. The smallest absolute Gasteiger partial charge is 0.238 e. The third-order valence-corrected chi connectivity index (χ3v) is 5.60. The molecule has 2 rings (SSSR count). The molecular weight excluding hydrogens is 280 g/mol. The summed E-state index contributed by atoms with van der Waals surface area (Å²) >= 11 is 0. The van der Waals surface area contributed by atoms with Crippen LogP contribution >= 0.6 is 0 Å². The van der Waals surface area contributed by atoms with Crippen LogP contribution in [0.3, 0.4) is 0 Å². The van der Waals surface area contributed by atoms with E-state index in [0.717, 1.165) is 31.9 Å². The Labute approximate surface area is 120 Å². The highest BCUT2D eigenvalue weighted by molar-refractivity contribution is 7.88. The Bertz CT molecular complexity index is 457. The van der Waals surface area contributed by atoms with Gasteiger partial charge in [-0.25, -0.2) is 8.42 Å². The van der Waals surface area contributed by atoms with E-state index in [2.05, 4.69) is 5.32 Å². The SMILES string of the molecule is CS(=O)(=O)N1CCCCC1C(=O)NCC1(O)CCCC1. The van der Waals surface area contributed by atoms with Crippen LogP contribution in [0, 0.1) is 0 Å². The molecule has 0 aromatic heterocycles. The van der Waals surface area contributed by atoms with Gasteiger partial charge in [-0.2, -0.15) is 4.31 Å². The van der Waals surface area contributed by atoms with Gasteiger partial charge in [-0.15, -0.1) is 0 Å². The van der Waals surface area contributed by atoms with E-state index in [1.807, 2.05) is 0 Å². The van der Waals surface area contributed by atoms with Gasteiger partial charge in [0.25, 0.3) is 0 Å². The van der Waals surface area contributed by atoms with Gasteiger partial charge in [0.1, 0.15) is 6.04 Å². The zero-order chi connectivity index (χ0) is 14.8. The highest BCUT2D eigenvalue weighted by Gasteiger charge is 2.36. The molecule has 1 aliphatic carbocycles. The Morgan fingerprint density at radius 3 is 2.55 bits per heavy atom. The second-order valence-corrected chi connectivity index (χ2v) is 7.97. The molecule has 0 spiro atoms. The van der Waals surface area contributed by atoms with Crippen molar-refractivity contribution in [2.24, 2.45) is 0 Å². The maximum absolute atomic E-state index is 12.2. The first-order chi connectivity index (χ1) is 9.32.